The number of rotatable bonds is 4. The molecule has 1 aromatic carbocycles. The molecular weight excluding hydrogens is 287 g/mol. The second kappa shape index (κ2) is 5.80. The standard InChI is InChI=1S/C15H13FN4O2/c1-19-9-11(8-17-19)14-6-7-15(21)20(18-14)12-2-4-13(5-3-12)22-10-16/h2-9H,10H2,1H3. The molecular formula is C15H13FN4O2. The van der Waals surface area contributed by atoms with Gasteiger partial charge in [0.05, 0.1) is 17.6 Å². The van der Waals surface area contributed by atoms with Crippen LogP contribution < -0.4 is 10.3 Å². The predicted octanol–water partition coefficient (Wildman–Crippen LogP) is 1.94. The van der Waals surface area contributed by atoms with Crippen molar-refractivity contribution in [3.8, 4) is 22.7 Å². The normalized spacial score (nSPS) is 10.6. The third-order valence-electron chi connectivity index (χ3n) is 3.10. The summed E-state index contributed by atoms with van der Waals surface area (Å²) in [5.41, 5.74) is 1.76. The molecule has 0 atom stereocenters. The van der Waals surface area contributed by atoms with Crippen LogP contribution in [-0.4, -0.2) is 26.4 Å². The van der Waals surface area contributed by atoms with E-state index < -0.39 is 6.86 Å². The van der Waals surface area contributed by atoms with Crippen LogP contribution in [0.4, 0.5) is 4.39 Å². The third kappa shape index (κ3) is 2.73. The van der Waals surface area contributed by atoms with Gasteiger partial charge in [0.1, 0.15) is 5.75 Å². The van der Waals surface area contributed by atoms with E-state index in [4.69, 9.17) is 4.74 Å². The van der Waals surface area contributed by atoms with Gasteiger partial charge >= 0.3 is 0 Å². The average molecular weight is 300 g/mol. The molecule has 0 aliphatic heterocycles. The number of hydrogen-bond acceptors (Lipinski definition) is 4. The molecule has 3 rings (SSSR count). The molecule has 2 heterocycles. The van der Waals surface area contributed by atoms with Gasteiger partial charge < -0.3 is 4.74 Å². The molecule has 0 fully saturated rings. The monoisotopic (exact) mass is 300 g/mol. The van der Waals surface area contributed by atoms with Gasteiger partial charge in [0, 0.05) is 24.9 Å². The van der Waals surface area contributed by atoms with Crippen molar-refractivity contribution in [3.05, 3.63) is 59.1 Å². The van der Waals surface area contributed by atoms with E-state index >= 15 is 0 Å². The van der Waals surface area contributed by atoms with Gasteiger partial charge in [-0.05, 0) is 30.3 Å². The zero-order valence-electron chi connectivity index (χ0n) is 11.8. The Morgan fingerprint density at radius 2 is 1.95 bits per heavy atom. The highest BCUT2D eigenvalue weighted by Crippen LogP contribution is 2.17. The molecule has 0 bridgehead atoms. The topological polar surface area (TPSA) is 61.9 Å². The highest BCUT2D eigenvalue weighted by molar-refractivity contribution is 5.56. The molecule has 0 saturated carbocycles. The summed E-state index contributed by atoms with van der Waals surface area (Å²) in [4.78, 5) is 12.0. The number of alkyl halides is 1. The van der Waals surface area contributed by atoms with Gasteiger partial charge in [-0.3, -0.25) is 9.48 Å². The number of halogens is 1. The zero-order valence-corrected chi connectivity index (χ0v) is 11.8. The first kappa shape index (κ1) is 14.0. The van der Waals surface area contributed by atoms with E-state index in [1.54, 1.807) is 41.2 Å². The van der Waals surface area contributed by atoms with Gasteiger partial charge in [-0.15, -0.1) is 0 Å². The number of benzene rings is 1. The lowest BCUT2D eigenvalue weighted by molar-refractivity contribution is 0.192. The Bertz CT molecular complexity index is 839. The minimum Gasteiger partial charge on any atom is -0.463 e. The molecule has 7 heteroatoms. The van der Waals surface area contributed by atoms with Crippen molar-refractivity contribution in [3.63, 3.8) is 0 Å². The molecule has 2 aromatic heterocycles. The van der Waals surface area contributed by atoms with Crippen LogP contribution >= 0.6 is 0 Å². The maximum Gasteiger partial charge on any atom is 0.271 e. The Morgan fingerprint density at radius 1 is 1.18 bits per heavy atom. The summed E-state index contributed by atoms with van der Waals surface area (Å²) in [5, 5.41) is 8.42. The number of ether oxygens (including phenoxy) is 1. The molecule has 112 valence electrons. The van der Waals surface area contributed by atoms with Crippen LogP contribution in [0.5, 0.6) is 5.75 Å². The molecule has 0 unspecified atom stereocenters. The van der Waals surface area contributed by atoms with Gasteiger partial charge in [0.2, 0.25) is 6.86 Å². The Morgan fingerprint density at radius 3 is 2.59 bits per heavy atom. The largest absolute Gasteiger partial charge is 0.463 e. The number of hydrogen-bond donors (Lipinski definition) is 0. The van der Waals surface area contributed by atoms with Crippen LogP contribution in [0.25, 0.3) is 16.9 Å². The van der Waals surface area contributed by atoms with Gasteiger partial charge in [0.15, 0.2) is 0 Å². The summed E-state index contributed by atoms with van der Waals surface area (Å²) in [6.07, 6.45) is 3.49. The van der Waals surface area contributed by atoms with E-state index in [2.05, 4.69) is 10.2 Å². The van der Waals surface area contributed by atoms with E-state index in [1.807, 2.05) is 13.2 Å². The number of aryl methyl sites for hydroxylation is 1. The summed E-state index contributed by atoms with van der Waals surface area (Å²) in [6, 6.07) is 9.55. The molecule has 0 saturated heterocycles. The van der Waals surface area contributed by atoms with Crippen LogP contribution in [0.15, 0.2) is 53.6 Å². The zero-order chi connectivity index (χ0) is 15.5. The minimum atomic E-state index is -0.895. The maximum atomic E-state index is 12.1. The first-order valence-electron chi connectivity index (χ1n) is 6.56. The molecule has 3 aromatic rings. The van der Waals surface area contributed by atoms with Crippen molar-refractivity contribution in [2.75, 3.05) is 6.86 Å². The maximum absolute atomic E-state index is 12.1. The Labute approximate surface area is 125 Å². The summed E-state index contributed by atoms with van der Waals surface area (Å²) < 4.78 is 19.8. The first-order chi connectivity index (χ1) is 10.7. The summed E-state index contributed by atoms with van der Waals surface area (Å²) in [7, 11) is 1.81. The first-order valence-corrected chi connectivity index (χ1v) is 6.56. The SMILES string of the molecule is Cn1cc(-c2ccc(=O)n(-c3ccc(OCF)cc3)n2)cn1. The van der Waals surface area contributed by atoms with Crippen LogP contribution in [0, 0.1) is 0 Å². The van der Waals surface area contributed by atoms with Crippen molar-refractivity contribution >= 4 is 0 Å². The number of nitrogens with zero attached hydrogens (tertiary/aromatic N) is 4. The third-order valence-corrected chi connectivity index (χ3v) is 3.10. The Kier molecular flexibility index (Phi) is 3.69. The summed E-state index contributed by atoms with van der Waals surface area (Å²) in [6.45, 7) is -0.895. The lowest BCUT2D eigenvalue weighted by Gasteiger charge is -2.07. The second-order valence-corrected chi connectivity index (χ2v) is 4.62. The lowest BCUT2D eigenvalue weighted by atomic mass is 10.2. The van der Waals surface area contributed by atoms with Crippen molar-refractivity contribution in [2.24, 2.45) is 7.05 Å². The highest BCUT2D eigenvalue weighted by Gasteiger charge is 2.07. The Balaban J connectivity index is 2.01. The van der Waals surface area contributed by atoms with Gasteiger partial charge in [-0.25, -0.2) is 4.39 Å². The van der Waals surface area contributed by atoms with Crippen molar-refractivity contribution < 1.29 is 9.13 Å². The van der Waals surface area contributed by atoms with Crippen molar-refractivity contribution in [2.45, 2.75) is 0 Å². The van der Waals surface area contributed by atoms with Crippen LogP contribution in [-0.2, 0) is 7.05 Å². The van der Waals surface area contributed by atoms with E-state index in [0.717, 1.165) is 5.56 Å². The fraction of sp³-hybridized carbons (Fsp3) is 0.133. The van der Waals surface area contributed by atoms with Crippen LogP contribution in [0.2, 0.25) is 0 Å². The number of aromatic nitrogens is 4. The van der Waals surface area contributed by atoms with Gasteiger partial charge in [0.25, 0.3) is 5.56 Å². The molecule has 0 aliphatic carbocycles. The summed E-state index contributed by atoms with van der Waals surface area (Å²) in [5.74, 6) is 0.391. The molecule has 0 aliphatic rings. The summed E-state index contributed by atoms with van der Waals surface area (Å²) >= 11 is 0. The molecule has 0 radical (unpaired) electrons. The molecule has 0 N–H and O–H groups in total. The molecule has 0 amide bonds. The van der Waals surface area contributed by atoms with Crippen molar-refractivity contribution in [1.82, 2.24) is 19.6 Å². The van der Waals surface area contributed by atoms with Gasteiger partial charge in [-0.2, -0.15) is 14.9 Å². The van der Waals surface area contributed by atoms with Gasteiger partial charge in [-0.1, -0.05) is 0 Å². The van der Waals surface area contributed by atoms with Crippen molar-refractivity contribution in [1.29, 1.82) is 0 Å². The molecule has 6 nitrogen and oxygen atoms in total. The van der Waals surface area contributed by atoms with E-state index in [9.17, 15) is 9.18 Å². The van der Waals surface area contributed by atoms with E-state index in [1.165, 1.54) is 10.7 Å². The molecule has 22 heavy (non-hydrogen) atoms. The second-order valence-electron chi connectivity index (χ2n) is 4.62. The highest BCUT2D eigenvalue weighted by atomic mass is 19.1. The fourth-order valence-corrected chi connectivity index (χ4v) is 2.05. The Hall–Kier alpha value is -2.96. The van der Waals surface area contributed by atoms with E-state index in [0.29, 0.717) is 17.1 Å². The average Bonchev–Trinajstić information content (AvgIpc) is 2.96. The predicted molar refractivity (Wildman–Crippen MR) is 78.6 cm³/mol. The van der Waals surface area contributed by atoms with E-state index in [-0.39, 0.29) is 5.56 Å². The molecule has 0 spiro atoms. The van der Waals surface area contributed by atoms with Crippen LogP contribution in [0.1, 0.15) is 0 Å². The fourth-order valence-electron chi connectivity index (χ4n) is 2.05. The minimum absolute atomic E-state index is 0.258. The quantitative estimate of drug-likeness (QED) is 0.738. The lowest BCUT2D eigenvalue weighted by Crippen LogP contribution is -2.20. The smallest absolute Gasteiger partial charge is 0.271 e. The van der Waals surface area contributed by atoms with Crippen LogP contribution in [0.3, 0.4) is 0 Å².